The van der Waals surface area contributed by atoms with E-state index in [1.165, 1.54) is 17.0 Å². The lowest BCUT2D eigenvalue weighted by Crippen LogP contribution is -2.07. The number of hydrogen-bond donors (Lipinski definition) is 0. The molecule has 0 saturated heterocycles. The van der Waals surface area contributed by atoms with Crippen molar-refractivity contribution >= 4 is 11.5 Å². The van der Waals surface area contributed by atoms with Crippen molar-refractivity contribution in [1.82, 2.24) is 15.0 Å². The summed E-state index contributed by atoms with van der Waals surface area (Å²) >= 11 is 0. The van der Waals surface area contributed by atoms with E-state index >= 15 is 0 Å². The van der Waals surface area contributed by atoms with Crippen molar-refractivity contribution in [3.05, 3.63) is 34.4 Å². The highest BCUT2D eigenvalue weighted by Crippen LogP contribution is 2.13. The average molecular weight is 192 g/mol. The molecule has 0 aromatic carbocycles. The third-order valence-electron chi connectivity index (χ3n) is 1.84. The molecule has 0 fully saturated rings. The van der Waals surface area contributed by atoms with Crippen LogP contribution < -0.4 is 5.43 Å². The lowest BCUT2D eigenvalue weighted by atomic mass is 10.3. The quantitative estimate of drug-likeness (QED) is 0.494. The number of nitro groups is 1. The van der Waals surface area contributed by atoms with E-state index in [4.69, 9.17) is 0 Å². The van der Waals surface area contributed by atoms with Gasteiger partial charge in [0.15, 0.2) is 5.71 Å². The first kappa shape index (κ1) is 8.42. The van der Waals surface area contributed by atoms with Crippen LogP contribution in [0.15, 0.2) is 23.6 Å². The maximum absolute atomic E-state index is 10.5. The van der Waals surface area contributed by atoms with Gasteiger partial charge in [0.2, 0.25) is 5.82 Å². The molecule has 0 unspecified atom stereocenters. The fraction of sp³-hybridized carbons (Fsp3) is 0.143. The van der Waals surface area contributed by atoms with E-state index in [2.05, 4.69) is 15.5 Å². The molecule has 0 amide bonds. The molecule has 71 valence electrons. The van der Waals surface area contributed by atoms with Gasteiger partial charge >= 0.3 is 5.82 Å². The molecule has 0 atom stereocenters. The van der Waals surface area contributed by atoms with E-state index in [1.54, 1.807) is 13.1 Å². The van der Waals surface area contributed by atoms with Crippen molar-refractivity contribution in [3.63, 3.8) is 0 Å². The van der Waals surface area contributed by atoms with Gasteiger partial charge in [-0.05, 0) is 11.0 Å². The molecule has 0 aliphatic carbocycles. The Balaban J connectivity index is 2.46. The van der Waals surface area contributed by atoms with Crippen molar-refractivity contribution in [2.75, 3.05) is 0 Å². The highest BCUT2D eigenvalue weighted by molar-refractivity contribution is 6.07. The van der Waals surface area contributed by atoms with Crippen LogP contribution in [-0.2, 0) is 7.05 Å². The zero-order valence-electron chi connectivity index (χ0n) is 7.28. The number of rotatable bonds is 2. The maximum Gasteiger partial charge on any atom is 0.342 e. The lowest BCUT2D eigenvalue weighted by Gasteiger charge is -1.95. The van der Waals surface area contributed by atoms with Gasteiger partial charge in [0.05, 0.1) is 13.2 Å². The summed E-state index contributed by atoms with van der Waals surface area (Å²) < 4.78 is 1.37. The molecule has 2 heterocycles. The highest BCUT2D eigenvalue weighted by atomic mass is 16.6. The number of hydrogen-bond acceptors (Lipinski definition) is 4. The Kier molecular flexibility index (Phi) is 1.77. The number of allylic oxidation sites excluding steroid dienone is 1. The van der Waals surface area contributed by atoms with Crippen molar-refractivity contribution in [2.45, 2.75) is 0 Å². The molecule has 0 bridgehead atoms. The predicted octanol–water partition coefficient (Wildman–Crippen LogP) is 0.164. The Morgan fingerprint density at radius 2 is 2.36 bits per heavy atom. The molecule has 1 aromatic heterocycles. The van der Waals surface area contributed by atoms with Crippen LogP contribution in [0.1, 0.15) is 5.82 Å². The minimum Gasteiger partial charge on any atom is -0.358 e. The third-order valence-corrected chi connectivity index (χ3v) is 1.84. The third kappa shape index (κ3) is 1.15. The molecule has 0 saturated carbocycles. The predicted molar refractivity (Wildman–Crippen MR) is 47.7 cm³/mol. The fourth-order valence-electron chi connectivity index (χ4n) is 1.16. The van der Waals surface area contributed by atoms with E-state index < -0.39 is 4.92 Å². The molecule has 0 N–H and O–H groups in total. The van der Waals surface area contributed by atoms with Crippen molar-refractivity contribution in [3.8, 4) is 0 Å². The molecule has 7 heteroatoms. The molecular formula is C7H6N5O2. The van der Waals surface area contributed by atoms with Gasteiger partial charge in [-0.25, -0.2) is 9.55 Å². The normalized spacial score (nSPS) is 13.9. The molecule has 14 heavy (non-hydrogen) atoms. The summed E-state index contributed by atoms with van der Waals surface area (Å²) in [6.45, 7) is 0. The van der Waals surface area contributed by atoms with Gasteiger partial charge in [-0.15, -0.1) is 5.10 Å². The Labute approximate surface area is 78.9 Å². The summed E-state index contributed by atoms with van der Waals surface area (Å²) in [4.78, 5) is 13.9. The molecular weight excluding hydrogens is 186 g/mol. The Hall–Kier alpha value is -2.18. The smallest absolute Gasteiger partial charge is 0.342 e. The summed E-state index contributed by atoms with van der Waals surface area (Å²) in [7, 11) is 1.56. The highest BCUT2D eigenvalue weighted by Gasteiger charge is 2.20. The van der Waals surface area contributed by atoms with Crippen LogP contribution in [-0.4, -0.2) is 20.2 Å². The van der Waals surface area contributed by atoms with Gasteiger partial charge in [-0.1, -0.05) is 0 Å². The van der Waals surface area contributed by atoms with Crippen molar-refractivity contribution in [2.24, 2.45) is 12.1 Å². The number of imidazole rings is 1. The van der Waals surface area contributed by atoms with Crippen LogP contribution in [0.2, 0.25) is 0 Å². The minimum atomic E-state index is -0.493. The largest absolute Gasteiger partial charge is 0.358 e. The molecule has 1 aromatic rings. The van der Waals surface area contributed by atoms with E-state index in [9.17, 15) is 10.1 Å². The van der Waals surface area contributed by atoms with Crippen molar-refractivity contribution in [1.29, 1.82) is 0 Å². The first-order valence-electron chi connectivity index (χ1n) is 3.81. The number of aromatic nitrogens is 2. The SMILES string of the molecule is Cn1c([N+](=O)[O-])cnc1C1=N[N]C=C1. The number of nitrogens with zero attached hydrogens (tertiary/aromatic N) is 5. The van der Waals surface area contributed by atoms with E-state index in [-0.39, 0.29) is 5.82 Å². The van der Waals surface area contributed by atoms with E-state index in [1.807, 2.05) is 0 Å². The Morgan fingerprint density at radius 1 is 1.57 bits per heavy atom. The summed E-state index contributed by atoms with van der Waals surface area (Å²) in [5.41, 5.74) is 4.15. The van der Waals surface area contributed by atoms with Crippen molar-refractivity contribution < 1.29 is 4.92 Å². The van der Waals surface area contributed by atoms with Crippen LogP contribution in [0.25, 0.3) is 0 Å². The first-order chi connectivity index (χ1) is 6.70. The van der Waals surface area contributed by atoms with Gasteiger partial charge in [0, 0.05) is 0 Å². The zero-order valence-corrected chi connectivity index (χ0v) is 7.28. The lowest BCUT2D eigenvalue weighted by molar-refractivity contribution is -0.391. The zero-order chi connectivity index (χ0) is 10.1. The van der Waals surface area contributed by atoms with Crippen LogP contribution >= 0.6 is 0 Å². The average Bonchev–Trinajstić information content (AvgIpc) is 2.71. The maximum atomic E-state index is 10.5. The topological polar surface area (TPSA) is 87.4 Å². The van der Waals surface area contributed by atoms with Crippen LogP contribution in [0, 0.1) is 10.1 Å². The van der Waals surface area contributed by atoms with Crippen LogP contribution in [0.4, 0.5) is 5.82 Å². The summed E-state index contributed by atoms with van der Waals surface area (Å²) in [5.74, 6) is 0.372. The van der Waals surface area contributed by atoms with Gasteiger partial charge in [-0.2, -0.15) is 5.43 Å². The molecule has 2 rings (SSSR count). The van der Waals surface area contributed by atoms with Gasteiger partial charge in [-0.3, -0.25) is 0 Å². The van der Waals surface area contributed by atoms with Gasteiger partial charge < -0.3 is 10.1 Å². The second-order valence-corrected chi connectivity index (χ2v) is 2.67. The molecule has 7 nitrogen and oxygen atoms in total. The summed E-state index contributed by atoms with van der Waals surface area (Å²) in [5, 5.41) is 14.3. The van der Waals surface area contributed by atoms with Crippen LogP contribution in [0.3, 0.4) is 0 Å². The molecule has 1 radical (unpaired) electrons. The van der Waals surface area contributed by atoms with E-state index in [0.29, 0.717) is 11.5 Å². The standard InChI is InChI=1S/C7H6N5O2/c1-11-6(12(13)14)4-8-7(11)5-2-3-9-10-5/h2-4H,1H3. The second kappa shape index (κ2) is 2.95. The minimum absolute atomic E-state index is 0.0667. The Bertz CT molecular complexity index is 445. The Morgan fingerprint density at radius 3 is 2.86 bits per heavy atom. The van der Waals surface area contributed by atoms with Gasteiger partial charge in [0.1, 0.15) is 6.20 Å². The summed E-state index contributed by atoms with van der Waals surface area (Å²) in [6, 6.07) is 0. The second-order valence-electron chi connectivity index (χ2n) is 2.67. The monoisotopic (exact) mass is 192 g/mol. The fourth-order valence-corrected chi connectivity index (χ4v) is 1.16. The molecule has 0 spiro atoms. The molecule has 1 aliphatic rings. The summed E-state index contributed by atoms with van der Waals surface area (Å²) in [6.07, 6.45) is 4.35. The molecule has 1 aliphatic heterocycles. The van der Waals surface area contributed by atoms with E-state index in [0.717, 1.165) is 0 Å². The van der Waals surface area contributed by atoms with Gasteiger partial charge in [0.25, 0.3) is 0 Å². The first-order valence-corrected chi connectivity index (χ1v) is 3.81. The van der Waals surface area contributed by atoms with Crippen LogP contribution in [0.5, 0.6) is 0 Å².